The molecule has 1 amide bonds. The molecule has 0 heterocycles. The molecule has 2 N–H and O–H groups in total. The molecule has 0 saturated heterocycles. The molecule has 4 nitrogen and oxygen atoms in total. The standard InChI is InChI=1S/C17H28N2O2/c1-4-10-16(15-11-8-7-9-12-15)17(21)18-19(5-2,6-3)13-14-20/h7-9,11-12,16,20H,4-6,10,13-14H2,1-3H3/p+1. The van der Waals surface area contributed by atoms with Crippen molar-refractivity contribution >= 4 is 5.91 Å². The van der Waals surface area contributed by atoms with E-state index in [9.17, 15) is 9.90 Å². The van der Waals surface area contributed by atoms with Crippen molar-refractivity contribution in [1.29, 1.82) is 0 Å². The van der Waals surface area contributed by atoms with Gasteiger partial charge in [-0.05, 0) is 25.8 Å². The molecule has 0 aliphatic rings. The van der Waals surface area contributed by atoms with E-state index in [1.165, 1.54) is 0 Å². The predicted molar refractivity (Wildman–Crippen MR) is 85.5 cm³/mol. The van der Waals surface area contributed by atoms with E-state index in [-0.39, 0.29) is 18.4 Å². The molecule has 0 bridgehead atoms. The topological polar surface area (TPSA) is 49.3 Å². The molecule has 0 aromatic heterocycles. The van der Waals surface area contributed by atoms with Crippen molar-refractivity contribution in [1.82, 2.24) is 5.43 Å². The summed E-state index contributed by atoms with van der Waals surface area (Å²) in [5, 5.41) is 9.27. The zero-order valence-corrected chi connectivity index (χ0v) is 13.5. The van der Waals surface area contributed by atoms with Gasteiger partial charge in [-0.2, -0.15) is 0 Å². The highest BCUT2D eigenvalue weighted by molar-refractivity contribution is 5.82. The van der Waals surface area contributed by atoms with Crippen LogP contribution in [0.1, 0.15) is 45.1 Å². The molecular formula is C17H29N2O2+. The summed E-state index contributed by atoms with van der Waals surface area (Å²) in [6.45, 7) is 8.34. The smallest absolute Gasteiger partial charge is 0.272 e. The number of likely N-dealkylation sites (N-methyl/N-ethyl adjacent to an activating group) is 1. The first-order valence-corrected chi connectivity index (χ1v) is 7.96. The lowest BCUT2D eigenvalue weighted by Gasteiger charge is -2.36. The molecule has 21 heavy (non-hydrogen) atoms. The highest BCUT2D eigenvalue weighted by atomic mass is 16.3. The van der Waals surface area contributed by atoms with Gasteiger partial charge < -0.3 is 5.11 Å². The zero-order valence-electron chi connectivity index (χ0n) is 13.5. The molecular weight excluding hydrogens is 264 g/mol. The van der Waals surface area contributed by atoms with Gasteiger partial charge in [-0.1, -0.05) is 43.7 Å². The first-order chi connectivity index (χ1) is 10.1. The minimum atomic E-state index is -0.120. The van der Waals surface area contributed by atoms with Crippen molar-refractivity contribution in [3.05, 3.63) is 35.9 Å². The average Bonchev–Trinajstić information content (AvgIpc) is 2.52. The van der Waals surface area contributed by atoms with Crippen LogP contribution in [0.2, 0.25) is 0 Å². The van der Waals surface area contributed by atoms with E-state index in [2.05, 4.69) is 12.3 Å². The summed E-state index contributed by atoms with van der Waals surface area (Å²) >= 11 is 0. The van der Waals surface area contributed by atoms with Crippen LogP contribution in [0.25, 0.3) is 0 Å². The third kappa shape index (κ3) is 4.83. The van der Waals surface area contributed by atoms with Gasteiger partial charge in [0.2, 0.25) is 0 Å². The number of amides is 1. The second-order valence-corrected chi connectivity index (χ2v) is 5.45. The fourth-order valence-electron chi connectivity index (χ4n) is 2.68. The number of quaternary nitrogens is 1. The van der Waals surface area contributed by atoms with Crippen LogP contribution in [0, 0.1) is 0 Å². The quantitative estimate of drug-likeness (QED) is 0.543. The predicted octanol–water partition coefficient (Wildman–Crippen LogP) is 2.45. The van der Waals surface area contributed by atoms with Gasteiger partial charge in [0.15, 0.2) is 0 Å². The normalized spacial score (nSPS) is 13.0. The van der Waals surface area contributed by atoms with Crippen molar-refractivity contribution in [2.75, 3.05) is 26.2 Å². The number of benzene rings is 1. The SMILES string of the molecule is CCCC(C(=O)N[N+](CC)(CC)CCO)c1ccccc1. The Morgan fingerprint density at radius 1 is 1.19 bits per heavy atom. The lowest BCUT2D eigenvalue weighted by atomic mass is 9.94. The Morgan fingerprint density at radius 3 is 2.29 bits per heavy atom. The van der Waals surface area contributed by atoms with Gasteiger partial charge in [0.25, 0.3) is 5.91 Å². The fraction of sp³-hybridized carbons (Fsp3) is 0.588. The summed E-state index contributed by atoms with van der Waals surface area (Å²) in [5.41, 5.74) is 4.21. The number of hydrogen-bond donors (Lipinski definition) is 2. The summed E-state index contributed by atoms with van der Waals surface area (Å²) in [4.78, 5) is 12.7. The van der Waals surface area contributed by atoms with Crippen molar-refractivity contribution in [2.24, 2.45) is 0 Å². The van der Waals surface area contributed by atoms with Gasteiger partial charge >= 0.3 is 0 Å². The van der Waals surface area contributed by atoms with E-state index in [4.69, 9.17) is 0 Å². The van der Waals surface area contributed by atoms with Crippen LogP contribution in [0.15, 0.2) is 30.3 Å². The molecule has 0 spiro atoms. The van der Waals surface area contributed by atoms with Crippen LogP contribution in [0.3, 0.4) is 0 Å². The molecule has 0 saturated carbocycles. The van der Waals surface area contributed by atoms with Gasteiger partial charge in [-0.3, -0.25) is 4.79 Å². The Labute approximate surface area is 128 Å². The molecule has 1 unspecified atom stereocenters. The van der Waals surface area contributed by atoms with Gasteiger partial charge in [-0.15, -0.1) is 0 Å². The fourth-order valence-corrected chi connectivity index (χ4v) is 2.68. The van der Waals surface area contributed by atoms with Crippen molar-refractivity contribution in [3.63, 3.8) is 0 Å². The maximum Gasteiger partial charge on any atom is 0.272 e. The van der Waals surface area contributed by atoms with Crippen LogP contribution in [-0.2, 0) is 4.79 Å². The van der Waals surface area contributed by atoms with E-state index < -0.39 is 0 Å². The van der Waals surface area contributed by atoms with Gasteiger partial charge in [0.05, 0.1) is 25.6 Å². The summed E-state index contributed by atoms with van der Waals surface area (Å²) in [5.74, 6) is -0.0642. The number of hydrogen-bond acceptors (Lipinski definition) is 2. The molecule has 0 fully saturated rings. The molecule has 1 aromatic carbocycles. The van der Waals surface area contributed by atoms with Gasteiger partial charge in [0, 0.05) is 0 Å². The first kappa shape index (κ1) is 17.7. The minimum absolute atomic E-state index is 0.0557. The van der Waals surface area contributed by atoms with Crippen LogP contribution < -0.4 is 5.43 Å². The summed E-state index contributed by atoms with van der Waals surface area (Å²) < 4.78 is 0.433. The monoisotopic (exact) mass is 293 g/mol. The van der Waals surface area contributed by atoms with E-state index in [0.29, 0.717) is 11.1 Å². The molecule has 4 heteroatoms. The Hall–Kier alpha value is -1.39. The minimum Gasteiger partial charge on any atom is -0.390 e. The van der Waals surface area contributed by atoms with Crippen LogP contribution >= 0.6 is 0 Å². The third-order valence-electron chi connectivity index (χ3n) is 4.18. The molecule has 0 radical (unpaired) electrons. The second kappa shape index (κ2) is 8.80. The molecule has 0 aliphatic carbocycles. The first-order valence-electron chi connectivity index (χ1n) is 7.96. The van der Waals surface area contributed by atoms with Crippen molar-refractivity contribution in [2.45, 2.75) is 39.5 Å². The number of carbonyl (C=O) groups is 1. The number of carbonyl (C=O) groups excluding carboxylic acids is 1. The molecule has 118 valence electrons. The van der Waals surface area contributed by atoms with E-state index in [1.54, 1.807) is 0 Å². The largest absolute Gasteiger partial charge is 0.390 e. The van der Waals surface area contributed by atoms with Gasteiger partial charge in [0.1, 0.15) is 6.54 Å². The Morgan fingerprint density at radius 2 is 1.81 bits per heavy atom. The number of aliphatic hydroxyl groups is 1. The van der Waals surface area contributed by atoms with Crippen LogP contribution in [0.5, 0.6) is 0 Å². The molecule has 1 rings (SSSR count). The van der Waals surface area contributed by atoms with E-state index in [0.717, 1.165) is 31.5 Å². The lowest BCUT2D eigenvalue weighted by molar-refractivity contribution is -0.958. The molecule has 1 aromatic rings. The number of aliphatic hydroxyl groups excluding tert-OH is 1. The zero-order chi connectivity index (χ0) is 15.7. The molecule has 1 atom stereocenters. The Balaban J connectivity index is 2.91. The highest BCUT2D eigenvalue weighted by Gasteiger charge is 2.30. The summed E-state index contributed by atoms with van der Waals surface area (Å²) in [6.07, 6.45) is 1.80. The maximum absolute atomic E-state index is 12.7. The number of rotatable bonds is 9. The third-order valence-corrected chi connectivity index (χ3v) is 4.18. The maximum atomic E-state index is 12.7. The van der Waals surface area contributed by atoms with Crippen LogP contribution in [0.4, 0.5) is 0 Å². The highest BCUT2D eigenvalue weighted by Crippen LogP contribution is 2.22. The summed E-state index contributed by atoms with van der Waals surface area (Å²) in [7, 11) is 0. The Kier molecular flexibility index (Phi) is 7.40. The van der Waals surface area contributed by atoms with Crippen LogP contribution in [-0.4, -0.2) is 41.8 Å². The average molecular weight is 293 g/mol. The van der Waals surface area contributed by atoms with Crippen molar-refractivity contribution < 1.29 is 14.5 Å². The lowest BCUT2D eigenvalue weighted by Crippen LogP contribution is -2.62. The van der Waals surface area contributed by atoms with E-state index >= 15 is 0 Å². The summed E-state index contributed by atoms with van der Waals surface area (Å²) in [6, 6.07) is 9.94. The second-order valence-electron chi connectivity index (χ2n) is 5.45. The number of nitrogens with one attached hydrogen (secondary N) is 1. The number of nitrogens with zero attached hydrogens (tertiary/aromatic N) is 1. The Bertz CT molecular complexity index is 416. The molecule has 0 aliphatic heterocycles. The van der Waals surface area contributed by atoms with E-state index in [1.807, 2.05) is 44.2 Å². The van der Waals surface area contributed by atoms with Gasteiger partial charge in [-0.25, -0.2) is 10.0 Å². The van der Waals surface area contributed by atoms with Crippen molar-refractivity contribution in [3.8, 4) is 0 Å².